The fraction of sp³-hybridized carbons (Fsp3) is 0.800. The lowest BCUT2D eigenvalue weighted by Gasteiger charge is -2.00. The predicted molar refractivity (Wildman–Crippen MR) is 47.6 cm³/mol. The van der Waals surface area contributed by atoms with E-state index < -0.39 is 10.1 Å². The molecule has 4 nitrogen and oxygen atoms in total. The second-order valence-corrected chi connectivity index (χ2v) is 4.56. The van der Waals surface area contributed by atoms with Crippen LogP contribution in [0.4, 0.5) is 0 Å². The summed E-state index contributed by atoms with van der Waals surface area (Å²) in [5.41, 5.74) is 0. The molecule has 0 unspecified atom stereocenters. The summed E-state index contributed by atoms with van der Waals surface area (Å²) in [6.45, 7) is 3.48. The molecule has 66 valence electrons. The second kappa shape index (κ2) is 4.08. The molecule has 0 aromatic carbocycles. The number of thioether (sulfide) groups is 1. The van der Waals surface area contributed by atoms with Gasteiger partial charge in [0.1, 0.15) is 0 Å². The largest absolute Gasteiger partial charge is 0.318 e. The van der Waals surface area contributed by atoms with E-state index in [9.17, 15) is 8.42 Å². The Kier molecular flexibility index (Phi) is 4.05. The molecule has 0 spiro atoms. The Hall–Kier alpha value is -0.0700. The van der Waals surface area contributed by atoms with Gasteiger partial charge in [-0.1, -0.05) is 11.8 Å². The highest BCUT2D eigenvalue weighted by Crippen LogP contribution is 2.06. The quantitative estimate of drug-likeness (QED) is 0.387. The molecule has 6 heteroatoms. The Morgan fingerprint density at radius 2 is 2.00 bits per heavy atom. The minimum atomic E-state index is -4.10. The number of nitrogens with zero attached hydrogens (tertiary/aromatic N) is 1. The smallest absolute Gasteiger partial charge is 0.280 e. The standard InChI is InChI=1S/C5H11NO3S2/c1-4(2)6-5(10-3)11(7,8)9/h4H,1-3H3,(H,7,8,9). The molecule has 0 radical (unpaired) electrons. The van der Waals surface area contributed by atoms with Crippen molar-refractivity contribution in [2.45, 2.75) is 19.9 Å². The number of aliphatic imine (C=N–C) groups is 1. The molecule has 0 atom stereocenters. The Labute approximate surface area is 70.8 Å². The van der Waals surface area contributed by atoms with Gasteiger partial charge >= 0.3 is 10.1 Å². The molecular formula is C5H11NO3S2. The van der Waals surface area contributed by atoms with Crippen LogP contribution in [0.5, 0.6) is 0 Å². The molecule has 0 rings (SSSR count). The molecule has 0 fully saturated rings. The zero-order valence-corrected chi connectivity index (χ0v) is 8.24. The molecule has 0 aliphatic rings. The Balaban J connectivity index is 4.70. The van der Waals surface area contributed by atoms with E-state index in [1.54, 1.807) is 20.1 Å². The van der Waals surface area contributed by atoms with Gasteiger partial charge in [0.2, 0.25) is 4.38 Å². The molecule has 0 aliphatic carbocycles. The van der Waals surface area contributed by atoms with Gasteiger partial charge in [0.25, 0.3) is 0 Å². The average molecular weight is 197 g/mol. The van der Waals surface area contributed by atoms with Crippen LogP contribution < -0.4 is 0 Å². The van der Waals surface area contributed by atoms with Crippen LogP contribution in [0.1, 0.15) is 13.8 Å². The van der Waals surface area contributed by atoms with E-state index in [0.29, 0.717) is 0 Å². The van der Waals surface area contributed by atoms with Gasteiger partial charge in [-0.15, -0.1) is 0 Å². The molecule has 0 aliphatic heterocycles. The summed E-state index contributed by atoms with van der Waals surface area (Å²) in [4.78, 5) is 3.71. The molecule has 0 amide bonds. The van der Waals surface area contributed by atoms with Crippen LogP contribution in [0.3, 0.4) is 0 Å². The maximum absolute atomic E-state index is 10.5. The summed E-state index contributed by atoms with van der Waals surface area (Å²) in [7, 11) is -4.10. The molecular weight excluding hydrogens is 186 g/mol. The van der Waals surface area contributed by atoms with Crippen molar-refractivity contribution in [1.29, 1.82) is 0 Å². The minimum Gasteiger partial charge on any atom is -0.280 e. The van der Waals surface area contributed by atoms with Crippen molar-refractivity contribution in [3.8, 4) is 0 Å². The Morgan fingerprint density at radius 3 is 2.09 bits per heavy atom. The number of rotatable bonds is 1. The Morgan fingerprint density at radius 1 is 1.55 bits per heavy atom. The fourth-order valence-corrected chi connectivity index (χ4v) is 1.94. The van der Waals surface area contributed by atoms with Gasteiger partial charge in [-0.05, 0) is 20.1 Å². The molecule has 0 aromatic rings. The molecule has 11 heavy (non-hydrogen) atoms. The zero-order chi connectivity index (χ0) is 9.07. The molecule has 0 saturated heterocycles. The van der Waals surface area contributed by atoms with Crippen molar-refractivity contribution < 1.29 is 13.0 Å². The minimum absolute atomic E-state index is 0.126. The third-order valence-electron chi connectivity index (χ3n) is 0.759. The second-order valence-electron chi connectivity index (χ2n) is 2.17. The first kappa shape index (κ1) is 10.9. The highest BCUT2D eigenvalue weighted by molar-refractivity contribution is 8.33. The van der Waals surface area contributed by atoms with Gasteiger partial charge < -0.3 is 0 Å². The van der Waals surface area contributed by atoms with Gasteiger partial charge in [0, 0.05) is 6.04 Å². The van der Waals surface area contributed by atoms with E-state index in [4.69, 9.17) is 4.55 Å². The van der Waals surface area contributed by atoms with E-state index in [2.05, 4.69) is 4.99 Å². The monoisotopic (exact) mass is 197 g/mol. The molecule has 0 bridgehead atoms. The first-order valence-corrected chi connectivity index (χ1v) is 5.63. The predicted octanol–water partition coefficient (Wildman–Crippen LogP) is 1.00. The summed E-state index contributed by atoms with van der Waals surface area (Å²) >= 11 is 0.917. The zero-order valence-electron chi connectivity index (χ0n) is 6.60. The van der Waals surface area contributed by atoms with E-state index in [1.165, 1.54) is 0 Å². The van der Waals surface area contributed by atoms with E-state index in [1.807, 2.05) is 0 Å². The molecule has 0 aromatic heterocycles. The van der Waals surface area contributed by atoms with Gasteiger partial charge in [0.15, 0.2) is 0 Å². The van der Waals surface area contributed by atoms with Crippen molar-refractivity contribution in [2.24, 2.45) is 4.99 Å². The summed E-state index contributed by atoms with van der Waals surface area (Å²) < 4.78 is 29.3. The van der Waals surface area contributed by atoms with Crippen LogP contribution in [0.25, 0.3) is 0 Å². The molecule has 0 saturated carbocycles. The first-order valence-electron chi connectivity index (χ1n) is 2.97. The van der Waals surface area contributed by atoms with Crippen molar-refractivity contribution in [1.82, 2.24) is 0 Å². The van der Waals surface area contributed by atoms with Crippen LogP contribution in [0, 0.1) is 0 Å². The van der Waals surface area contributed by atoms with Crippen LogP contribution >= 0.6 is 11.8 Å². The maximum atomic E-state index is 10.5. The van der Waals surface area contributed by atoms with Gasteiger partial charge in [-0.3, -0.25) is 9.55 Å². The SMILES string of the molecule is CSC(=NC(C)C)S(=O)(=O)O. The summed E-state index contributed by atoms with van der Waals surface area (Å²) in [6, 6.07) is -0.126. The molecule has 0 heterocycles. The van der Waals surface area contributed by atoms with Crippen molar-refractivity contribution in [3.63, 3.8) is 0 Å². The van der Waals surface area contributed by atoms with E-state index >= 15 is 0 Å². The van der Waals surface area contributed by atoms with Gasteiger partial charge in [0.05, 0.1) is 0 Å². The molecule has 1 N–H and O–H groups in total. The van der Waals surface area contributed by atoms with Crippen LogP contribution in [-0.4, -0.2) is 29.6 Å². The van der Waals surface area contributed by atoms with Crippen LogP contribution in [0.2, 0.25) is 0 Å². The van der Waals surface area contributed by atoms with Crippen molar-refractivity contribution in [2.75, 3.05) is 6.26 Å². The topological polar surface area (TPSA) is 66.7 Å². The highest BCUT2D eigenvalue weighted by atomic mass is 32.3. The third kappa shape index (κ3) is 4.39. The van der Waals surface area contributed by atoms with Crippen LogP contribution in [-0.2, 0) is 10.1 Å². The van der Waals surface area contributed by atoms with Gasteiger partial charge in [-0.25, -0.2) is 0 Å². The maximum Gasteiger partial charge on any atom is 0.318 e. The fourth-order valence-electron chi connectivity index (χ4n) is 0.435. The van der Waals surface area contributed by atoms with E-state index in [0.717, 1.165) is 11.8 Å². The number of hydrogen-bond donors (Lipinski definition) is 1. The Bertz CT molecular complexity index is 242. The normalized spacial score (nSPS) is 14.1. The summed E-state index contributed by atoms with van der Waals surface area (Å²) in [5.74, 6) is 0. The number of hydrogen-bond acceptors (Lipinski definition) is 4. The first-order chi connectivity index (χ1) is 4.88. The lowest BCUT2D eigenvalue weighted by Crippen LogP contribution is -2.11. The van der Waals surface area contributed by atoms with E-state index in [-0.39, 0.29) is 10.4 Å². The lowest BCUT2D eigenvalue weighted by molar-refractivity contribution is 0.498. The average Bonchev–Trinajstić information content (AvgIpc) is 1.79. The van der Waals surface area contributed by atoms with Crippen LogP contribution in [0.15, 0.2) is 4.99 Å². The highest BCUT2D eigenvalue weighted by Gasteiger charge is 2.14. The summed E-state index contributed by atoms with van der Waals surface area (Å²) in [6.07, 6.45) is 1.55. The summed E-state index contributed by atoms with van der Waals surface area (Å²) in [5, 5.41) is 0. The van der Waals surface area contributed by atoms with Crippen molar-refractivity contribution >= 4 is 26.3 Å². The lowest BCUT2D eigenvalue weighted by atomic mass is 10.4. The van der Waals surface area contributed by atoms with Gasteiger partial charge in [-0.2, -0.15) is 8.42 Å². The van der Waals surface area contributed by atoms with Crippen molar-refractivity contribution in [3.05, 3.63) is 0 Å². The third-order valence-corrected chi connectivity index (χ3v) is 2.89.